The molecule has 2 aliphatic heterocycles. The van der Waals surface area contributed by atoms with E-state index in [0.717, 1.165) is 25.7 Å². The van der Waals surface area contributed by atoms with Gasteiger partial charge in [0.1, 0.15) is 17.8 Å². The first kappa shape index (κ1) is 20.3. The predicted molar refractivity (Wildman–Crippen MR) is 101 cm³/mol. The number of nitrogens with zero attached hydrogens (tertiary/aromatic N) is 1. The number of carbonyl (C=O) groups excluding carboxylic acids is 2. The zero-order valence-corrected chi connectivity index (χ0v) is 17.0. The van der Waals surface area contributed by atoms with Gasteiger partial charge in [-0.15, -0.1) is 0 Å². The van der Waals surface area contributed by atoms with Crippen molar-refractivity contribution in [1.82, 2.24) is 4.90 Å². The number of fused-ring (bicyclic) bond motifs is 3. The number of alkyl halides is 3. The molecular weight excluding hydrogens is 399 g/mol. The lowest BCUT2D eigenvalue weighted by Crippen LogP contribution is -2.73. The lowest BCUT2D eigenvalue weighted by molar-refractivity contribution is -0.230. The van der Waals surface area contributed by atoms with Crippen molar-refractivity contribution in [2.75, 3.05) is 6.61 Å². The van der Waals surface area contributed by atoms with Crippen LogP contribution in [0.2, 0.25) is 0 Å². The molecule has 0 radical (unpaired) electrons. The van der Waals surface area contributed by atoms with Crippen LogP contribution in [0, 0.1) is 17.8 Å². The Bertz CT molecular complexity index is 761. The molecule has 0 aromatic carbocycles. The first-order valence-corrected chi connectivity index (χ1v) is 11.2. The molecule has 5 aliphatic rings. The molecule has 5 nitrogen and oxygen atoms in total. The fraction of sp³-hybridized carbons (Fsp3) is 0.818. The smallest absolute Gasteiger partial charge is 0.343 e. The number of morpholine rings is 1. The molecule has 10 unspecified atom stereocenters. The summed E-state index contributed by atoms with van der Waals surface area (Å²) in [5.74, 6) is -2.13. The van der Waals surface area contributed by atoms with Crippen molar-refractivity contribution in [2.45, 2.75) is 88.3 Å². The molecule has 0 spiro atoms. The minimum atomic E-state index is -2.45. The summed E-state index contributed by atoms with van der Waals surface area (Å²) in [6, 6.07) is -1.12. The third kappa shape index (κ3) is 2.93. The minimum absolute atomic E-state index is 0.0659. The molecule has 166 valence electrons. The van der Waals surface area contributed by atoms with Gasteiger partial charge in [0.25, 0.3) is 0 Å². The summed E-state index contributed by atoms with van der Waals surface area (Å²) in [6.07, 6.45) is -0.939. The van der Waals surface area contributed by atoms with E-state index in [1.165, 1.54) is 19.0 Å². The van der Waals surface area contributed by atoms with Crippen molar-refractivity contribution in [3.63, 3.8) is 0 Å². The molecule has 4 fully saturated rings. The molecule has 10 atom stereocenters. The van der Waals surface area contributed by atoms with Gasteiger partial charge >= 0.3 is 5.97 Å². The van der Waals surface area contributed by atoms with Crippen LogP contribution < -0.4 is 0 Å². The van der Waals surface area contributed by atoms with Crippen LogP contribution in [0.4, 0.5) is 13.2 Å². The Hall–Kier alpha value is -1.57. The Labute approximate surface area is 173 Å². The topological polar surface area (TPSA) is 55.8 Å². The summed E-state index contributed by atoms with van der Waals surface area (Å²) in [7, 11) is 0. The van der Waals surface area contributed by atoms with E-state index in [1.807, 2.05) is 0 Å². The molecule has 0 N–H and O–H groups in total. The van der Waals surface area contributed by atoms with E-state index in [9.17, 15) is 22.8 Å². The van der Waals surface area contributed by atoms with Crippen LogP contribution in [-0.2, 0) is 19.1 Å². The highest BCUT2D eigenvalue weighted by Crippen LogP contribution is 2.51. The zero-order chi connectivity index (χ0) is 21.2. The van der Waals surface area contributed by atoms with E-state index in [2.05, 4.69) is 0 Å². The van der Waals surface area contributed by atoms with E-state index in [4.69, 9.17) is 9.47 Å². The van der Waals surface area contributed by atoms with Crippen LogP contribution in [-0.4, -0.2) is 66.1 Å². The van der Waals surface area contributed by atoms with Gasteiger partial charge in [0, 0.05) is 6.20 Å². The maximum Gasteiger partial charge on any atom is 0.343 e. The maximum atomic E-state index is 14.9. The van der Waals surface area contributed by atoms with E-state index in [1.54, 1.807) is 11.8 Å². The van der Waals surface area contributed by atoms with Gasteiger partial charge in [-0.2, -0.15) is 0 Å². The second-order valence-electron chi connectivity index (χ2n) is 9.41. The van der Waals surface area contributed by atoms with Crippen molar-refractivity contribution >= 4 is 11.8 Å². The minimum Gasteiger partial charge on any atom is -0.462 e. The molecule has 3 saturated carbocycles. The number of ketones is 1. The SMILES string of the molecule is CCOC(=O)C1=CN2C3CC4CCCCC4CC3OC3C(F)C(F)C(F)C(C1=O)C32. The Balaban J connectivity index is 1.55. The highest BCUT2D eigenvalue weighted by Gasteiger charge is 2.64. The normalized spacial score (nSPS) is 47.5. The van der Waals surface area contributed by atoms with Gasteiger partial charge in [-0.1, -0.05) is 25.7 Å². The van der Waals surface area contributed by atoms with Gasteiger partial charge in [0.05, 0.1) is 30.7 Å². The molecule has 1 saturated heterocycles. The summed E-state index contributed by atoms with van der Waals surface area (Å²) < 4.78 is 55.4. The molecule has 2 heterocycles. The number of Topliss-reactive ketones (excluding diaryl/α,β-unsaturated/α-hetero) is 1. The zero-order valence-electron chi connectivity index (χ0n) is 17.0. The summed E-state index contributed by atoms with van der Waals surface area (Å²) in [6.45, 7) is 1.68. The standard InChI is InChI=1S/C22H28F3NO4/c1-2-29-22(28)12-9-26-13-7-10-5-3-4-6-11(10)8-14(13)30-21-18(25)17(24)16(23)15(19(21)26)20(12)27/h9-11,13-19,21H,2-8H2,1H3. The first-order chi connectivity index (χ1) is 14.4. The summed E-state index contributed by atoms with van der Waals surface area (Å²) in [5, 5.41) is 0. The lowest BCUT2D eigenvalue weighted by atomic mass is 9.65. The summed E-state index contributed by atoms with van der Waals surface area (Å²) in [4.78, 5) is 27.2. The van der Waals surface area contributed by atoms with Crippen LogP contribution in [0.5, 0.6) is 0 Å². The lowest BCUT2D eigenvalue weighted by Gasteiger charge is -2.60. The van der Waals surface area contributed by atoms with Gasteiger partial charge in [-0.3, -0.25) is 4.79 Å². The van der Waals surface area contributed by atoms with E-state index in [0.29, 0.717) is 11.8 Å². The maximum absolute atomic E-state index is 14.9. The van der Waals surface area contributed by atoms with Gasteiger partial charge < -0.3 is 14.4 Å². The first-order valence-electron chi connectivity index (χ1n) is 11.2. The fourth-order valence-corrected chi connectivity index (χ4v) is 6.59. The molecule has 30 heavy (non-hydrogen) atoms. The van der Waals surface area contributed by atoms with E-state index < -0.39 is 48.3 Å². The van der Waals surface area contributed by atoms with Gasteiger partial charge in [0.2, 0.25) is 0 Å². The van der Waals surface area contributed by atoms with Gasteiger partial charge in [-0.25, -0.2) is 18.0 Å². The second kappa shape index (κ2) is 7.53. The fourth-order valence-electron chi connectivity index (χ4n) is 6.59. The number of hydrogen-bond acceptors (Lipinski definition) is 5. The Morgan fingerprint density at radius 1 is 1.13 bits per heavy atom. The Morgan fingerprint density at radius 2 is 1.83 bits per heavy atom. The van der Waals surface area contributed by atoms with Crippen LogP contribution in [0.25, 0.3) is 0 Å². The highest BCUT2D eigenvalue weighted by molar-refractivity contribution is 6.19. The molecule has 0 amide bonds. The van der Waals surface area contributed by atoms with Crippen molar-refractivity contribution in [2.24, 2.45) is 17.8 Å². The third-order valence-corrected chi connectivity index (χ3v) is 7.95. The number of halogens is 3. The van der Waals surface area contributed by atoms with Crippen molar-refractivity contribution in [3.05, 3.63) is 11.8 Å². The molecular formula is C22H28F3NO4. The van der Waals surface area contributed by atoms with Crippen molar-refractivity contribution < 1.29 is 32.2 Å². The second-order valence-corrected chi connectivity index (χ2v) is 9.41. The predicted octanol–water partition coefficient (Wildman–Crippen LogP) is 3.07. The third-order valence-electron chi connectivity index (χ3n) is 7.95. The number of hydrogen-bond donors (Lipinski definition) is 0. The molecule has 3 aliphatic carbocycles. The monoisotopic (exact) mass is 427 g/mol. The number of ether oxygens (including phenoxy) is 2. The molecule has 0 bridgehead atoms. The van der Waals surface area contributed by atoms with E-state index >= 15 is 0 Å². The highest BCUT2D eigenvalue weighted by atomic mass is 19.2. The Morgan fingerprint density at radius 3 is 2.53 bits per heavy atom. The average molecular weight is 427 g/mol. The Kier molecular flexibility index (Phi) is 5.11. The number of esters is 1. The van der Waals surface area contributed by atoms with Crippen LogP contribution in [0.15, 0.2) is 11.8 Å². The number of rotatable bonds is 2. The van der Waals surface area contributed by atoms with Crippen molar-refractivity contribution in [1.29, 1.82) is 0 Å². The van der Waals surface area contributed by atoms with Gasteiger partial charge in [-0.05, 0) is 31.6 Å². The molecule has 8 heteroatoms. The summed E-state index contributed by atoms with van der Waals surface area (Å²) >= 11 is 0. The van der Waals surface area contributed by atoms with Crippen molar-refractivity contribution in [3.8, 4) is 0 Å². The van der Waals surface area contributed by atoms with Crippen LogP contribution in [0.3, 0.4) is 0 Å². The number of carbonyl (C=O) groups is 2. The molecule has 0 aromatic heterocycles. The van der Waals surface area contributed by atoms with Crippen LogP contribution >= 0.6 is 0 Å². The van der Waals surface area contributed by atoms with E-state index in [-0.39, 0.29) is 24.3 Å². The quantitative estimate of drug-likeness (QED) is 0.501. The molecule has 0 aromatic rings. The average Bonchev–Trinajstić information content (AvgIpc) is 2.74. The van der Waals surface area contributed by atoms with Crippen LogP contribution in [0.1, 0.15) is 45.4 Å². The van der Waals surface area contributed by atoms with Gasteiger partial charge in [0.15, 0.2) is 18.1 Å². The largest absolute Gasteiger partial charge is 0.462 e. The summed E-state index contributed by atoms with van der Waals surface area (Å²) in [5.41, 5.74) is -0.268. The molecule has 5 rings (SSSR count).